The van der Waals surface area contributed by atoms with Crippen LogP contribution in [-0.4, -0.2) is 20.9 Å². The lowest BCUT2D eigenvalue weighted by atomic mass is 10.2. The molecular formula is C20H19NO4S. The first-order chi connectivity index (χ1) is 12.5. The lowest BCUT2D eigenvalue weighted by molar-refractivity contribution is 0.0953. The Balaban J connectivity index is 1.86. The summed E-state index contributed by atoms with van der Waals surface area (Å²) in [6.45, 7) is 1.80. The van der Waals surface area contributed by atoms with Crippen LogP contribution in [0.5, 0.6) is 0 Å². The maximum Gasteiger partial charge on any atom is 0.251 e. The normalized spacial score (nSPS) is 12.5. The lowest BCUT2D eigenvalue weighted by Crippen LogP contribution is -2.31. The van der Waals surface area contributed by atoms with Crippen molar-refractivity contribution in [1.29, 1.82) is 0 Å². The van der Waals surface area contributed by atoms with Crippen LogP contribution in [0, 0.1) is 6.92 Å². The number of nitrogens with one attached hydrogen (secondary N) is 1. The number of rotatable bonds is 6. The number of aryl methyl sites for hydroxylation is 1. The van der Waals surface area contributed by atoms with Crippen molar-refractivity contribution < 1.29 is 17.6 Å². The fourth-order valence-electron chi connectivity index (χ4n) is 2.61. The third kappa shape index (κ3) is 3.86. The molecule has 0 aliphatic rings. The predicted octanol–water partition coefficient (Wildman–Crippen LogP) is 3.53. The largest absolute Gasteiger partial charge is 0.468 e. The van der Waals surface area contributed by atoms with Gasteiger partial charge < -0.3 is 9.73 Å². The Labute approximate surface area is 152 Å². The van der Waals surface area contributed by atoms with Crippen molar-refractivity contribution >= 4 is 15.7 Å². The standard InChI is InChI=1S/C20H19NO4S/c1-15-9-11-17(12-10-15)26(23,24)19(18-8-5-13-25-18)14-21-20(22)16-6-3-2-4-7-16/h2-13,19H,14H2,1H3,(H,21,22). The van der Waals surface area contributed by atoms with Crippen molar-refractivity contribution in [2.45, 2.75) is 17.1 Å². The number of carbonyl (C=O) groups excluding carboxylic acids is 1. The number of amides is 1. The second-order valence-electron chi connectivity index (χ2n) is 5.94. The summed E-state index contributed by atoms with van der Waals surface area (Å²) in [6.07, 6.45) is 1.42. The molecule has 0 fully saturated rings. The van der Waals surface area contributed by atoms with E-state index in [4.69, 9.17) is 4.42 Å². The summed E-state index contributed by atoms with van der Waals surface area (Å²) < 4.78 is 31.5. The Morgan fingerprint density at radius 2 is 1.69 bits per heavy atom. The summed E-state index contributed by atoms with van der Waals surface area (Å²) >= 11 is 0. The third-order valence-corrected chi connectivity index (χ3v) is 6.15. The zero-order chi connectivity index (χ0) is 18.6. The first-order valence-electron chi connectivity index (χ1n) is 8.15. The molecule has 1 amide bonds. The van der Waals surface area contributed by atoms with E-state index < -0.39 is 15.1 Å². The summed E-state index contributed by atoms with van der Waals surface area (Å²) in [5, 5.41) is 1.69. The molecule has 1 N–H and O–H groups in total. The van der Waals surface area contributed by atoms with Crippen LogP contribution in [0.2, 0.25) is 0 Å². The van der Waals surface area contributed by atoms with Crippen LogP contribution in [0.25, 0.3) is 0 Å². The van der Waals surface area contributed by atoms with Crippen molar-refractivity contribution in [3.63, 3.8) is 0 Å². The molecule has 0 saturated heterocycles. The SMILES string of the molecule is Cc1ccc(S(=O)(=O)C(CNC(=O)c2ccccc2)c2ccco2)cc1. The molecule has 3 aromatic rings. The summed E-state index contributed by atoms with van der Waals surface area (Å²) in [5.74, 6) is -0.0415. The summed E-state index contributed by atoms with van der Waals surface area (Å²) in [6, 6.07) is 18.5. The highest BCUT2D eigenvalue weighted by Crippen LogP contribution is 2.29. The summed E-state index contributed by atoms with van der Waals surface area (Å²) in [7, 11) is -3.73. The van der Waals surface area contributed by atoms with Gasteiger partial charge in [-0.3, -0.25) is 4.79 Å². The van der Waals surface area contributed by atoms with E-state index in [1.165, 1.54) is 6.26 Å². The number of sulfone groups is 1. The second-order valence-corrected chi connectivity index (χ2v) is 8.07. The van der Waals surface area contributed by atoms with E-state index in [0.717, 1.165) is 5.56 Å². The molecular weight excluding hydrogens is 350 g/mol. The maximum absolute atomic E-state index is 13.1. The molecule has 0 bridgehead atoms. The Hall–Kier alpha value is -2.86. The summed E-state index contributed by atoms with van der Waals surface area (Å²) in [5.41, 5.74) is 1.44. The van der Waals surface area contributed by atoms with Crippen LogP contribution in [0.4, 0.5) is 0 Å². The predicted molar refractivity (Wildman–Crippen MR) is 98.6 cm³/mol. The molecule has 1 atom stereocenters. The number of hydrogen-bond acceptors (Lipinski definition) is 4. The van der Waals surface area contributed by atoms with Gasteiger partial charge in [0.1, 0.15) is 11.0 Å². The van der Waals surface area contributed by atoms with Gasteiger partial charge in [-0.25, -0.2) is 8.42 Å². The Morgan fingerprint density at radius 3 is 2.31 bits per heavy atom. The van der Waals surface area contributed by atoms with Crippen LogP contribution in [0.15, 0.2) is 82.3 Å². The monoisotopic (exact) mass is 369 g/mol. The average Bonchev–Trinajstić information content (AvgIpc) is 3.17. The molecule has 0 aliphatic carbocycles. The Kier molecular flexibility index (Phi) is 5.23. The molecule has 134 valence electrons. The zero-order valence-corrected chi connectivity index (χ0v) is 15.1. The molecule has 2 aromatic carbocycles. The van der Waals surface area contributed by atoms with Gasteiger partial charge in [0, 0.05) is 12.1 Å². The molecule has 0 radical (unpaired) electrons. The lowest BCUT2D eigenvalue weighted by Gasteiger charge is -2.17. The van der Waals surface area contributed by atoms with E-state index in [0.29, 0.717) is 11.3 Å². The molecule has 5 nitrogen and oxygen atoms in total. The van der Waals surface area contributed by atoms with Gasteiger partial charge in [-0.1, -0.05) is 35.9 Å². The van der Waals surface area contributed by atoms with E-state index in [9.17, 15) is 13.2 Å². The van der Waals surface area contributed by atoms with Crippen LogP contribution in [-0.2, 0) is 9.84 Å². The van der Waals surface area contributed by atoms with Gasteiger partial charge in [0.25, 0.3) is 5.91 Å². The van der Waals surface area contributed by atoms with Gasteiger partial charge >= 0.3 is 0 Å². The number of hydrogen-bond donors (Lipinski definition) is 1. The molecule has 0 saturated carbocycles. The fourth-order valence-corrected chi connectivity index (χ4v) is 4.19. The number of benzene rings is 2. The fraction of sp³-hybridized carbons (Fsp3) is 0.150. The van der Waals surface area contributed by atoms with Crippen molar-refractivity contribution in [1.82, 2.24) is 5.32 Å². The minimum absolute atomic E-state index is 0.0859. The minimum atomic E-state index is -3.73. The summed E-state index contributed by atoms with van der Waals surface area (Å²) in [4.78, 5) is 12.5. The number of furan rings is 1. The number of carbonyl (C=O) groups is 1. The van der Waals surface area contributed by atoms with Crippen molar-refractivity contribution in [3.8, 4) is 0 Å². The van der Waals surface area contributed by atoms with Crippen molar-refractivity contribution in [2.24, 2.45) is 0 Å². The first kappa shape index (κ1) is 17.9. The molecule has 0 spiro atoms. The minimum Gasteiger partial charge on any atom is -0.468 e. The molecule has 1 unspecified atom stereocenters. The molecule has 0 aliphatic heterocycles. The molecule has 6 heteroatoms. The highest BCUT2D eigenvalue weighted by Gasteiger charge is 2.31. The molecule has 1 heterocycles. The van der Waals surface area contributed by atoms with Gasteiger partial charge in [-0.15, -0.1) is 0 Å². The maximum atomic E-state index is 13.1. The highest BCUT2D eigenvalue weighted by molar-refractivity contribution is 7.91. The van der Waals surface area contributed by atoms with Crippen LogP contribution in [0.3, 0.4) is 0 Å². The molecule has 1 aromatic heterocycles. The topological polar surface area (TPSA) is 76.4 Å². The van der Waals surface area contributed by atoms with Crippen LogP contribution >= 0.6 is 0 Å². The Morgan fingerprint density at radius 1 is 1.00 bits per heavy atom. The Bertz CT molecular complexity index is 962. The van der Waals surface area contributed by atoms with Gasteiger partial charge in [0.15, 0.2) is 9.84 Å². The van der Waals surface area contributed by atoms with E-state index in [1.807, 2.05) is 13.0 Å². The average molecular weight is 369 g/mol. The quantitative estimate of drug-likeness (QED) is 0.721. The second kappa shape index (κ2) is 7.58. The highest BCUT2D eigenvalue weighted by atomic mass is 32.2. The van der Waals surface area contributed by atoms with E-state index in [1.54, 1.807) is 60.7 Å². The molecule has 3 rings (SSSR count). The van der Waals surface area contributed by atoms with Crippen molar-refractivity contribution in [3.05, 3.63) is 89.9 Å². The van der Waals surface area contributed by atoms with Crippen LogP contribution in [0.1, 0.15) is 26.9 Å². The van der Waals surface area contributed by atoms with Crippen LogP contribution < -0.4 is 5.32 Å². The first-order valence-corrected chi connectivity index (χ1v) is 9.70. The van der Waals surface area contributed by atoms with Gasteiger partial charge in [0.05, 0.1) is 11.2 Å². The van der Waals surface area contributed by atoms with E-state index in [-0.39, 0.29) is 17.3 Å². The van der Waals surface area contributed by atoms with Crippen molar-refractivity contribution in [2.75, 3.05) is 6.54 Å². The molecule has 26 heavy (non-hydrogen) atoms. The third-order valence-electron chi connectivity index (χ3n) is 4.07. The zero-order valence-electron chi connectivity index (χ0n) is 14.3. The van der Waals surface area contributed by atoms with E-state index >= 15 is 0 Å². The van der Waals surface area contributed by atoms with Gasteiger partial charge in [-0.2, -0.15) is 0 Å². The van der Waals surface area contributed by atoms with E-state index in [2.05, 4.69) is 5.32 Å². The van der Waals surface area contributed by atoms with Gasteiger partial charge in [0.2, 0.25) is 0 Å². The smallest absolute Gasteiger partial charge is 0.251 e. The van der Waals surface area contributed by atoms with Gasteiger partial charge in [-0.05, 0) is 43.3 Å².